The largest absolute Gasteiger partial charge is 0.496 e. The Morgan fingerprint density at radius 3 is 2.44 bits per heavy atom. The molecule has 3 aliphatic rings. The zero-order chi connectivity index (χ0) is 49.6. The van der Waals surface area contributed by atoms with Gasteiger partial charge in [-0.2, -0.15) is 13.2 Å². The van der Waals surface area contributed by atoms with Crippen LogP contribution < -0.4 is 24.4 Å². The number of anilines is 1. The van der Waals surface area contributed by atoms with Crippen molar-refractivity contribution in [1.82, 2.24) is 10.3 Å². The number of methoxy groups -OCH3 is 2. The minimum atomic E-state index is -5.29. The number of fused-ring (bicyclic) bond motifs is 3. The maximum Gasteiger partial charge on any atom is 0.471 e. The van der Waals surface area contributed by atoms with E-state index in [0.29, 0.717) is 74.0 Å². The first-order valence-corrected chi connectivity index (χ1v) is 24.7. The average molecular weight is 981 g/mol. The third-order valence-electron chi connectivity index (χ3n) is 14.8. The van der Waals surface area contributed by atoms with E-state index in [1.54, 1.807) is 13.2 Å². The molecule has 4 aromatic carbocycles. The Labute approximate surface area is 413 Å². The number of rotatable bonds is 17. The summed E-state index contributed by atoms with van der Waals surface area (Å²) in [5.41, 5.74) is 4.08. The van der Waals surface area contributed by atoms with Crippen LogP contribution in [0.1, 0.15) is 110 Å². The van der Waals surface area contributed by atoms with Crippen molar-refractivity contribution in [2.75, 3.05) is 38.9 Å². The number of alkyl halides is 3. The fourth-order valence-electron chi connectivity index (χ4n) is 11.4. The van der Waals surface area contributed by atoms with Crippen LogP contribution in [-0.2, 0) is 32.6 Å². The number of benzene rings is 4. The molecule has 1 spiro atoms. The van der Waals surface area contributed by atoms with Gasteiger partial charge in [0.25, 0.3) is 5.91 Å². The molecule has 1 heterocycles. The molecule has 10 nitrogen and oxygen atoms in total. The first-order valence-electron chi connectivity index (χ1n) is 24.3. The van der Waals surface area contributed by atoms with Crippen molar-refractivity contribution >= 4 is 35.1 Å². The van der Waals surface area contributed by atoms with E-state index in [0.717, 1.165) is 72.2 Å². The summed E-state index contributed by atoms with van der Waals surface area (Å²) in [5, 5.41) is 3.14. The van der Waals surface area contributed by atoms with E-state index in [-0.39, 0.29) is 41.3 Å². The van der Waals surface area contributed by atoms with Crippen LogP contribution in [0.4, 0.5) is 18.9 Å². The molecule has 1 aromatic heterocycles. The van der Waals surface area contributed by atoms with E-state index in [1.807, 2.05) is 60.8 Å². The van der Waals surface area contributed by atoms with E-state index in [1.165, 1.54) is 29.8 Å². The van der Waals surface area contributed by atoms with Gasteiger partial charge in [0.05, 0.1) is 27.4 Å². The van der Waals surface area contributed by atoms with Crippen molar-refractivity contribution in [3.8, 4) is 28.4 Å². The Bertz CT molecular complexity index is 2690. The molecule has 5 aromatic rings. The zero-order valence-electron chi connectivity index (χ0n) is 40.2. The number of hydrogen-bond acceptors (Lipinski definition) is 8. The average Bonchev–Trinajstić information content (AvgIpc) is 3.64. The fourth-order valence-corrected chi connectivity index (χ4v) is 11.5. The van der Waals surface area contributed by atoms with Crippen molar-refractivity contribution in [1.29, 1.82) is 0 Å². The lowest BCUT2D eigenvalue weighted by molar-refractivity contribution is -0.174. The smallest absolute Gasteiger partial charge is 0.471 e. The number of pyridine rings is 1. The highest BCUT2D eigenvalue weighted by atomic mass is 35.5. The molecule has 8 rings (SSSR count). The number of esters is 1. The predicted molar refractivity (Wildman–Crippen MR) is 264 cm³/mol. The number of ether oxygens (including phenoxy) is 4. The second kappa shape index (κ2) is 21.5. The number of nitrogens with zero attached hydrogens (tertiary/aromatic N) is 2. The molecule has 0 radical (unpaired) electrons. The SMILES string of the molecule is COC(=O)C1(N(C(=O)C(F)(F)F)c2cccc(Cl)c2)CCC2(CC1)c1cc(OCCCCNC(=O)c3cccc(-c4ccccc4OC)c3)ccc1C[C@@H]2C[C@@H](C)COc1ccnc2c1[C@H](C)CCC2. The van der Waals surface area contributed by atoms with Crippen LogP contribution in [-0.4, -0.2) is 68.5 Å². The van der Waals surface area contributed by atoms with Gasteiger partial charge in [-0.15, -0.1) is 0 Å². The van der Waals surface area contributed by atoms with Crippen LogP contribution >= 0.6 is 11.6 Å². The van der Waals surface area contributed by atoms with Crippen LogP contribution in [0.2, 0.25) is 5.02 Å². The first kappa shape index (κ1) is 50.3. The maximum atomic E-state index is 14.6. The molecule has 0 unspecified atom stereocenters. The minimum absolute atomic E-state index is 0.0363. The van der Waals surface area contributed by atoms with Crippen LogP contribution in [0.3, 0.4) is 0 Å². The van der Waals surface area contributed by atoms with Gasteiger partial charge in [-0.1, -0.05) is 67.9 Å². The molecule has 0 bridgehead atoms. The summed E-state index contributed by atoms with van der Waals surface area (Å²) in [6, 6.07) is 28.7. The maximum absolute atomic E-state index is 14.6. The van der Waals surface area contributed by atoms with Gasteiger partial charge in [0, 0.05) is 45.8 Å². The van der Waals surface area contributed by atoms with Gasteiger partial charge in [-0.05, 0) is 165 Å². The third kappa shape index (κ3) is 10.5. The Kier molecular flexibility index (Phi) is 15.5. The molecule has 0 aliphatic heterocycles. The summed E-state index contributed by atoms with van der Waals surface area (Å²) in [6.07, 6.45) is 2.86. The van der Waals surface area contributed by atoms with Crippen molar-refractivity contribution in [3.05, 3.63) is 136 Å². The molecule has 3 aliphatic carbocycles. The van der Waals surface area contributed by atoms with Crippen molar-refractivity contribution < 1.29 is 46.5 Å². The lowest BCUT2D eigenvalue weighted by atomic mass is 9.59. The molecular weight excluding hydrogens is 919 g/mol. The number of halogens is 4. The van der Waals surface area contributed by atoms with Gasteiger partial charge in [0.2, 0.25) is 0 Å². The molecule has 1 fully saturated rings. The number of unbranched alkanes of at least 4 members (excludes halogenated alkanes) is 1. The lowest BCUT2D eigenvalue weighted by Crippen LogP contribution is -2.63. The molecule has 370 valence electrons. The third-order valence-corrected chi connectivity index (χ3v) is 15.0. The highest BCUT2D eigenvalue weighted by molar-refractivity contribution is 6.31. The van der Waals surface area contributed by atoms with Crippen LogP contribution in [0.15, 0.2) is 103 Å². The highest BCUT2D eigenvalue weighted by Crippen LogP contribution is 2.58. The van der Waals surface area contributed by atoms with E-state index >= 15 is 0 Å². The number of para-hydroxylation sites is 1. The molecule has 3 atom stereocenters. The second-order valence-electron chi connectivity index (χ2n) is 19.2. The summed E-state index contributed by atoms with van der Waals surface area (Å²) in [4.78, 5) is 45.9. The molecular formula is C56H61ClF3N3O7. The summed E-state index contributed by atoms with van der Waals surface area (Å²) >= 11 is 6.30. The van der Waals surface area contributed by atoms with E-state index < -0.39 is 29.0 Å². The van der Waals surface area contributed by atoms with Gasteiger partial charge < -0.3 is 24.3 Å². The quantitative estimate of drug-likeness (QED) is 0.0723. The van der Waals surface area contributed by atoms with Gasteiger partial charge >= 0.3 is 18.1 Å². The summed E-state index contributed by atoms with van der Waals surface area (Å²) < 4.78 is 67.4. The van der Waals surface area contributed by atoms with Gasteiger partial charge in [0.1, 0.15) is 22.8 Å². The topological polar surface area (TPSA) is 116 Å². The number of carbonyl (C=O) groups is 3. The Hall–Kier alpha value is -6.08. The number of carbonyl (C=O) groups excluding carboxylic acids is 3. The van der Waals surface area contributed by atoms with E-state index in [9.17, 15) is 27.6 Å². The lowest BCUT2D eigenvalue weighted by Gasteiger charge is -2.51. The molecule has 2 amide bonds. The zero-order valence-corrected chi connectivity index (χ0v) is 41.0. The van der Waals surface area contributed by atoms with Gasteiger partial charge in [-0.3, -0.25) is 19.5 Å². The summed E-state index contributed by atoms with van der Waals surface area (Å²) in [7, 11) is 2.76. The number of aryl methyl sites for hydroxylation is 1. The van der Waals surface area contributed by atoms with E-state index in [2.05, 4.69) is 36.3 Å². The second-order valence-corrected chi connectivity index (χ2v) is 19.7. The molecule has 0 saturated heterocycles. The summed E-state index contributed by atoms with van der Waals surface area (Å²) in [6.45, 7) is 5.68. The molecule has 1 N–H and O–H groups in total. The fraction of sp³-hybridized carbons (Fsp3) is 0.429. The minimum Gasteiger partial charge on any atom is -0.496 e. The van der Waals surface area contributed by atoms with Crippen molar-refractivity contribution in [2.45, 2.75) is 108 Å². The Morgan fingerprint density at radius 2 is 1.69 bits per heavy atom. The highest BCUT2D eigenvalue weighted by Gasteiger charge is 2.60. The predicted octanol–water partition coefficient (Wildman–Crippen LogP) is 12.0. The Balaban J connectivity index is 0.993. The number of nitrogens with one attached hydrogen (secondary N) is 1. The Morgan fingerprint density at radius 1 is 0.900 bits per heavy atom. The normalized spacial score (nSPS) is 21.0. The van der Waals surface area contributed by atoms with Crippen molar-refractivity contribution in [2.24, 2.45) is 11.8 Å². The standard InChI is InChI=1S/C56H61ClF3N3O7/c1-36(35-70-49-22-28-61-47-18-9-12-37(2)50(47)49)30-41-32-39-20-21-44(69-29-8-7-27-62-51(64)40-14-10-13-38(31-40)45-17-5-6-19-48(45)67-3)34-46(39)54(41)23-25-55(26-24-54,53(66)68-4)63(52(65)56(58,59)60)43-16-11-15-42(57)33-43/h5-6,10-11,13-17,19-22,28,31,33-34,36-37,41H,7-9,12,18,23-27,29-30,32,35H2,1-4H3,(H,62,64)/t36-,37-,41+,54?,55?/m1/s1. The number of aromatic nitrogens is 1. The van der Waals surface area contributed by atoms with Crippen LogP contribution in [0.5, 0.6) is 17.2 Å². The van der Waals surface area contributed by atoms with E-state index in [4.69, 9.17) is 30.5 Å². The number of hydrogen-bond donors (Lipinski definition) is 1. The van der Waals surface area contributed by atoms with Crippen molar-refractivity contribution in [3.63, 3.8) is 0 Å². The monoisotopic (exact) mass is 979 g/mol. The molecule has 1 saturated carbocycles. The summed E-state index contributed by atoms with van der Waals surface area (Å²) in [5.74, 6) is -0.535. The molecule has 14 heteroatoms. The molecule has 70 heavy (non-hydrogen) atoms. The van der Waals surface area contributed by atoms with Gasteiger partial charge in [0.15, 0.2) is 0 Å². The number of amides is 2. The first-order chi connectivity index (χ1) is 33.7. The van der Waals surface area contributed by atoms with Gasteiger partial charge in [-0.25, -0.2) is 4.79 Å². The van der Waals surface area contributed by atoms with Crippen LogP contribution in [0.25, 0.3) is 11.1 Å². The van der Waals surface area contributed by atoms with Crippen LogP contribution in [0, 0.1) is 11.8 Å².